The normalized spacial score (nSPS) is 14.0. The molecule has 104 valence electrons. The molecule has 0 fully saturated rings. The lowest BCUT2D eigenvalue weighted by Gasteiger charge is -2.12. The van der Waals surface area contributed by atoms with Gasteiger partial charge in [0.05, 0.1) is 11.8 Å². The van der Waals surface area contributed by atoms with Crippen molar-refractivity contribution < 1.29 is 8.42 Å². The van der Waals surface area contributed by atoms with Crippen LogP contribution in [0.5, 0.6) is 0 Å². The molecular formula is C11H21N3O2S2. The van der Waals surface area contributed by atoms with Crippen molar-refractivity contribution in [2.75, 3.05) is 12.3 Å². The Bertz CT molecular complexity index is 429. The summed E-state index contributed by atoms with van der Waals surface area (Å²) in [5.74, 6) is 0.141. The van der Waals surface area contributed by atoms with Gasteiger partial charge in [-0.15, -0.1) is 11.3 Å². The monoisotopic (exact) mass is 291 g/mol. The first-order chi connectivity index (χ1) is 8.41. The fraction of sp³-hybridized carbons (Fsp3) is 0.727. The van der Waals surface area contributed by atoms with Gasteiger partial charge in [-0.25, -0.2) is 18.1 Å². The van der Waals surface area contributed by atoms with E-state index in [1.807, 2.05) is 26.2 Å². The van der Waals surface area contributed by atoms with Crippen LogP contribution in [0.25, 0.3) is 0 Å². The molecule has 0 aliphatic rings. The molecule has 18 heavy (non-hydrogen) atoms. The molecule has 2 N–H and O–H groups in total. The highest BCUT2D eigenvalue weighted by atomic mass is 32.2. The molecule has 0 aromatic carbocycles. The Morgan fingerprint density at radius 2 is 2.11 bits per heavy atom. The van der Waals surface area contributed by atoms with Crippen molar-refractivity contribution in [3.63, 3.8) is 0 Å². The van der Waals surface area contributed by atoms with E-state index in [9.17, 15) is 8.42 Å². The molecule has 0 saturated heterocycles. The standard InChI is InChI=1S/C11H21N3O2S2/c1-9(2)12-5-4-8-18(15,16)14-10(3)11-13-6-7-17-11/h6-7,9-10,12,14H,4-5,8H2,1-3H3. The highest BCUT2D eigenvalue weighted by molar-refractivity contribution is 7.89. The van der Waals surface area contributed by atoms with E-state index in [1.165, 1.54) is 11.3 Å². The van der Waals surface area contributed by atoms with Gasteiger partial charge in [0.25, 0.3) is 0 Å². The summed E-state index contributed by atoms with van der Waals surface area (Å²) < 4.78 is 26.3. The van der Waals surface area contributed by atoms with Crippen LogP contribution in [0.4, 0.5) is 0 Å². The van der Waals surface area contributed by atoms with Gasteiger partial charge in [-0.05, 0) is 19.9 Å². The molecule has 1 atom stereocenters. The molecule has 0 radical (unpaired) electrons. The minimum absolute atomic E-state index is 0.141. The van der Waals surface area contributed by atoms with Crippen LogP contribution in [-0.4, -0.2) is 31.7 Å². The first kappa shape index (κ1) is 15.6. The number of aromatic nitrogens is 1. The van der Waals surface area contributed by atoms with Crippen molar-refractivity contribution >= 4 is 21.4 Å². The summed E-state index contributed by atoms with van der Waals surface area (Å²) in [6.45, 7) is 6.60. The summed E-state index contributed by atoms with van der Waals surface area (Å²) in [5.41, 5.74) is 0. The summed E-state index contributed by atoms with van der Waals surface area (Å²) in [6, 6.07) is 0.128. The SMILES string of the molecule is CC(C)NCCCS(=O)(=O)NC(C)c1nccs1. The molecule has 1 aromatic heterocycles. The zero-order valence-electron chi connectivity index (χ0n) is 11.0. The summed E-state index contributed by atoms with van der Waals surface area (Å²) in [6.07, 6.45) is 2.29. The van der Waals surface area contributed by atoms with E-state index in [0.717, 1.165) is 5.01 Å². The minimum Gasteiger partial charge on any atom is -0.314 e. The van der Waals surface area contributed by atoms with E-state index in [1.54, 1.807) is 6.20 Å². The average Bonchev–Trinajstić information content (AvgIpc) is 2.77. The molecule has 7 heteroatoms. The highest BCUT2D eigenvalue weighted by Crippen LogP contribution is 2.15. The zero-order valence-corrected chi connectivity index (χ0v) is 12.6. The lowest BCUT2D eigenvalue weighted by molar-refractivity contribution is 0.551. The number of rotatable bonds is 8. The largest absolute Gasteiger partial charge is 0.314 e. The van der Waals surface area contributed by atoms with Gasteiger partial charge in [-0.3, -0.25) is 0 Å². The fourth-order valence-electron chi connectivity index (χ4n) is 1.48. The molecule has 0 spiro atoms. The maximum absolute atomic E-state index is 11.8. The Morgan fingerprint density at radius 3 is 2.67 bits per heavy atom. The van der Waals surface area contributed by atoms with E-state index >= 15 is 0 Å². The van der Waals surface area contributed by atoms with Gasteiger partial charge >= 0.3 is 0 Å². The predicted molar refractivity (Wildman–Crippen MR) is 75.2 cm³/mol. The molecule has 1 heterocycles. The van der Waals surface area contributed by atoms with Gasteiger partial charge in [-0.2, -0.15) is 0 Å². The molecule has 0 bridgehead atoms. The zero-order chi connectivity index (χ0) is 13.6. The van der Waals surface area contributed by atoms with E-state index < -0.39 is 10.0 Å². The molecule has 1 rings (SSSR count). The Kier molecular flexibility index (Phi) is 6.20. The lowest BCUT2D eigenvalue weighted by Crippen LogP contribution is -2.31. The van der Waals surface area contributed by atoms with Crippen molar-refractivity contribution in [1.29, 1.82) is 0 Å². The Balaban J connectivity index is 2.35. The third-order valence-electron chi connectivity index (χ3n) is 2.32. The van der Waals surface area contributed by atoms with Crippen LogP contribution in [0, 0.1) is 0 Å². The molecule has 1 aromatic rings. The van der Waals surface area contributed by atoms with Crippen molar-refractivity contribution in [1.82, 2.24) is 15.0 Å². The maximum Gasteiger partial charge on any atom is 0.212 e. The lowest BCUT2D eigenvalue weighted by atomic mass is 10.4. The van der Waals surface area contributed by atoms with E-state index in [-0.39, 0.29) is 11.8 Å². The summed E-state index contributed by atoms with van der Waals surface area (Å²) in [4.78, 5) is 4.10. The predicted octanol–water partition coefficient (Wildman–Crippen LogP) is 1.51. The molecule has 5 nitrogen and oxygen atoms in total. The van der Waals surface area contributed by atoms with Gasteiger partial charge in [-0.1, -0.05) is 13.8 Å². The molecule has 0 saturated carbocycles. The van der Waals surface area contributed by atoms with Gasteiger partial charge in [0.2, 0.25) is 10.0 Å². The Hall–Kier alpha value is -0.500. The van der Waals surface area contributed by atoms with Gasteiger partial charge < -0.3 is 5.32 Å². The van der Waals surface area contributed by atoms with Crippen LogP contribution >= 0.6 is 11.3 Å². The third kappa shape index (κ3) is 5.90. The van der Waals surface area contributed by atoms with Crippen molar-refractivity contribution in [2.45, 2.75) is 39.3 Å². The minimum atomic E-state index is -3.23. The van der Waals surface area contributed by atoms with E-state index in [0.29, 0.717) is 19.0 Å². The smallest absolute Gasteiger partial charge is 0.212 e. The van der Waals surface area contributed by atoms with Crippen LogP contribution in [-0.2, 0) is 10.0 Å². The summed E-state index contributed by atoms with van der Waals surface area (Å²) in [5, 5.41) is 5.83. The number of hydrogen-bond donors (Lipinski definition) is 2. The second-order valence-electron chi connectivity index (χ2n) is 4.49. The topological polar surface area (TPSA) is 71.1 Å². The number of hydrogen-bond acceptors (Lipinski definition) is 5. The van der Waals surface area contributed by atoms with E-state index in [4.69, 9.17) is 0 Å². The first-order valence-electron chi connectivity index (χ1n) is 6.03. The first-order valence-corrected chi connectivity index (χ1v) is 8.56. The van der Waals surface area contributed by atoms with Crippen LogP contribution in [0.2, 0.25) is 0 Å². The Labute approximate surface area is 113 Å². The number of thiazole rings is 1. The van der Waals surface area contributed by atoms with Gasteiger partial charge in [0, 0.05) is 17.6 Å². The van der Waals surface area contributed by atoms with Crippen LogP contribution in [0.1, 0.15) is 38.2 Å². The van der Waals surface area contributed by atoms with E-state index in [2.05, 4.69) is 15.0 Å². The number of nitrogens with zero attached hydrogens (tertiary/aromatic N) is 1. The van der Waals surface area contributed by atoms with Crippen LogP contribution < -0.4 is 10.0 Å². The molecular weight excluding hydrogens is 270 g/mol. The molecule has 0 aliphatic carbocycles. The Morgan fingerprint density at radius 1 is 1.39 bits per heavy atom. The number of nitrogens with one attached hydrogen (secondary N) is 2. The van der Waals surface area contributed by atoms with Gasteiger partial charge in [0.1, 0.15) is 5.01 Å². The number of sulfonamides is 1. The molecule has 1 unspecified atom stereocenters. The molecule has 0 amide bonds. The molecule has 0 aliphatic heterocycles. The second kappa shape index (κ2) is 7.18. The third-order valence-corrected chi connectivity index (χ3v) is 4.82. The maximum atomic E-state index is 11.8. The van der Waals surface area contributed by atoms with Crippen LogP contribution in [0.15, 0.2) is 11.6 Å². The second-order valence-corrected chi connectivity index (χ2v) is 7.29. The quantitative estimate of drug-likeness (QED) is 0.712. The van der Waals surface area contributed by atoms with Gasteiger partial charge in [0.15, 0.2) is 0 Å². The fourth-order valence-corrected chi connectivity index (χ4v) is 3.49. The van der Waals surface area contributed by atoms with Crippen molar-refractivity contribution in [3.05, 3.63) is 16.6 Å². The average molecular weight is 291 g/mol. The summed E-state index contributed by atoms with van der Waals surface area (Å²) >= 11 is 1.45. The highest BCUT2D eigenvalue weighted by Gasteiger charge is 2.16. The van der Waals surface area contributed by atoms with Crippen LogP contribution in [0.3, 0.4) is 0 Å². The van der Waals surface area contributed by atoms with Crippen molar-refractivity contribution in [3.8, 4) is 0 Å². The summed E-state index contributed by atoms with van der Waals surface area (Å²) in [7, 11) is -3.23. The van der Waals surface area contributed by atoms with Crippen molar-refractivity contribution in [2.24, 2.45) is 0 Å².